The van der Waals surface area contributed by atoms with Gasteiger partial charge >= 0.3 is 5.97 Å². The van der Waals surface area contributed by atoms with Crippen LogP contribution >= 0.6 is 0 Å². The Morgan fingerprint density at radius 1 is 1.43 bits per heavy atom. The topological polar surface area (TPSA) is 55.8 Å². The van der Waals surface area contributed by atoms with Gasteiger partial charge in [0.05, 0.1) is 25.6 Å². The number of amides is 1. The number of fused-ring (bicyclic) bond motifs is 1. The number of esters is 1. The van der Waals surface area contributed by atoms with Crippen LogP contribution in [0, 0.1) is 5.92 Å². The molecule has 2 atom stereocenters. The summed E-state index contributed by atoms with van der Waals surface area (Å²) in [4.78, 5) is 25.7. The van der Waals surface area contributed by atoms with Crippen molar-refractivity contribution in [1.29, 1.82) is 0 Å². The van der Waals surface area contributed by atoms with Gasteiger partial charge in [-0.2, -0.15) is 0 Å². The van der Waals surface area contributed by atoms with Gasteiger partial charge in [-0.3, -0.25) is 9.59 Å². The number of likely N-dealkylation sites (N-methyl/N-ethyl adjacent to an activating group) is 1. The molecule has 0 saturated heterocycles. The molecule has 1 aromatic rings. The van der Waals surface area contributed by atoms with Gasteiger partial charge in [0.1, 0.15) is 5.75 Å². The van der Waals surface area contributed by atoms with Crippen molar-refractivity contribution in [2.45, 2.75) is 19.3 Å². The van der Waals surface area contributed by atoms with Gasteiger partial charge < -0.3 is 14.4 Å². The Kier molecular flexibility index (Phi) is 4.83. The van der Waals surface area contributed by atoms with Crippen molar-refractivity contribution >= 4 is 11.9 Å². The third kappa shape index (κ3) is 3.35. The Labute approximate surface area is 124 Å². The maximum absolute atomic E-state index is 12.6. The van der Waals surface area contributed by atoms with Crippen LogP contribution in [-0.2, 0) is 14.3 Å². The van der Waals surface area contributed by atoms with E-state index in [0.717, 1.165) is 11.3 Å². The summed E-state index contributed by atoms with van der Waals surface area (Å²) < 4.78 is 10.3. The summed E-state index contributed by atoms with van der Waals surface area (Å²) in [5.41, 5.74) is 0.923. The number of hydrogen-bond acceptors (Lipinski definition) is 4. The Morgan fingerprint density at radius 3 is 2.86 bits per heavy atom. The largest absolute Gasteiger partial charge is 0.493 e. The van der Waals surface area contributed by atoms with Crippen molar-refractivity contribution in [3.63, 3.8) is 0 Å². The van der Waals surface area contributed by atoms with Gasteiger partial charge in [-0.05, 0) is 12.5 Å². The molecular formula is C16H21NO4. The third-order valence-corrected chi connectivity index (χ3v) is 3.78. The van der Waals surface area contributed by atoms with E-state index in [4.69, 9.17) is 9.47 Å². The van der Waals surface area contributed by atoms with Gasteiger partial charge in [0, 0.05) is 19.2 Å². The minimum atomic E-state index is -0.334. The average molecular weight is 291 g/mol. The zero-order valence-electron chi connectivity index (χ0n) is 12.7. The van der Waals surface area contributed by atoms with Crippen LogP contribution in [0.15, 0.2) is 24.3 Å². The molecule has 0 aromatic heterocycles. The maximum Gasteiger partial charge on any atom is 0.310 e. The van der Waals surface area contributed by atoms with E-state index in [1.54, 1.807) is 18.9 Å². The summed E-state index contributed by atoms with van der Waals surface area (Å²) in [5, 5.41) is 0. The first kappa shape index (κ1) is 15.4. The summed E-state index contributed by atoms with van der Waals surface area (Å²) in [5.74, 6) is -0.0520. The molecule has 0 aliphatic carbocycles. The number of ether oxygens (including phenoxy) is 2. The lowest BCUT2D eigenvalue weighted by Crippen LogP contribution is -2.38. The van der Waals surface area contributed by atoms with E-state index in [1.807, 2.05) is 24.3 Å². The fourth-order valence-electron chi connectivity index (χ4n) is 2.64. The zero-order chi connectivity index (χ0) is 15.4. The number of carbonyl (C=O) groups is 2. The second kappa shape index (κ2) is 6.61. The highest BCUT2D eigenvalue weighted by atomic mass is 16.5. The second-order valence-corrected chi connectivity index (χ2v) is 5.37. The molecule has 0 N–H and O–H groups in total. The highest BCUT2D eigenvalue weighted by Gasteiger charge is 2.30. The van der Waals surface area contributed by atoms with Gasteiger partial charge in [-0.25, -0.2) is 0 Å². The molecule has 0 radical (unpaired) electrons. The molecule has 21 heavy (non-hydrogen) atoms. The number of rotatable bonds is 4. The van der Waals surface area contributed by atoms with Crippen molar-refractivity contribution in [3.05, 3.63) is 29.8 Å². The SMILES string of the molecule is COC(=O)C(C)CN(C)C(=O)C1CCOc2ccccc21. The number of carbonyl (C=O) groups excluding carboxylic acids is 2. The van der Waals surface area contributed by atoms with Crippen LogP contribution in [0.5, 0.6) is 5.75 Å². The van der Waals surface area contributed by atoms with Crippen molar-refractivity contribution in [3.8, 4) is 5.75 Å². The van der Waals surface area contributed by atoms with E-state index in [9.17, 15) is 9.59 Å². The molecule has 1 amide bonds. The molecule has 5 nitrogen and oxygen atoms in total. The van der Waals surface area contributed by atoms with Crippen molar-refractivity contribution in [2.75, 3.05) is 27.3 Å². The zero-order valence-corrected chi connectivity index (χ0v) is 12.7. The maximum atomic E-state index is 12.6. The summed E-state index contributed by atoms with van der Waals surface area (Å²) in [6.45, 7) is 2.65. The van der Waals surface area contributed by atoms with Gasteiger partial charge in [-0.15, -0.1) is 0 Å². The van der Waals surface area contributed by atoms with Crippen LogP contribution in [0.25, 0.3) is 0 Å². The fraction of sp³-hybridized carbons (Fsp3) is 0.500. The molecule has 1 aliphatic heterocycles. The molecule has 0 saturated carbocycles. The fourth-order valence-corrected chi connectivity index (χ4v) is 2.64. The van der Waals surface area contributed by atoms with E-state index >= 15 is 0 Å². The molecule has 1 aliphatic rings. The van der Waals surface area contributed by atoms with Crippen LogP contribution in [0.4, 0.5) is 0 Å². The summed E-state index contributed by atoms with van der Waals surface area (Å²) >= 11 is 0. The number of benzene rings is 1. The van der Waals surface area contributed by atoms with Crippen LogP contribution in [0.1, 0.15) is 24.8 Å². The molecule has 1 aromatic carbocycles. The van der Waals surface area contributed by atoms with E-state index in [-0.39, 0.29) is 23.7 Å². The summed E-state index contributed by atoms with van der Waals surface area (Å²) in [7, 11) is 3.08. The molecule has 2 rings (SSSR count). The number of hydrogen-bond donors (Lipinski definition) is 0. The van der Waals surface area contributed by atoms with E-state index in [1.165, 1.54) is 7.11 Å². The van der Waals surface area contributed by atoms with E-state index < -0.39 is 0 Å². The molecule has 0 fully saturated rings. The molecule has 0 spiro atoms. The van der Waals surface area contributed by atoms with Gasteiger partial charge in [0.25, 0.3) is 0 Å². The normalized spacial score (nSPS) is 18.1. The second-order valence-electron chi connectivity index (χ2n) is 5.37. The summed E-state index contributed by atoms with van der Waals surface area (Å²) in [6.07, 6.45) is 0.660. The van der Waals surface area contributed by atoms with Crippen LogP contribution in [0.3, 0.4) is 0 Å². The van der Waals surface area contributed by atoms with Gasteiger partial charge in [0.15, 0.2) is 0 Å². The first-order chi connectivity index (χ1) is 10.0. The van der Waals surface area contributed by atoms with Crippen LogP contribution in [-0.4, -0.2) is 44.1 Å². The average Bonchev–Trinajstić information content (AvgIpc) is 2.52. The van der Waals surface area contributed by atoms with Crippen LogP contribution in [0.2, 0.25) is 0 Å². The first-order valence-corrected chi connectivity index (χ1v) is 7.09. The minimum Gasteiger partial charge on any atom is -0.493 e. The molecule has 5 heteroatoms. The highest BCUT2D eigenvalue weighted by molar-refractivity contribution is 5.85. The van der Waals surface area contributed by atoms with Crippen molar-refractivity contribution in [2.24, 2.45) is 5.92 Å². The Bertz CT molecular complexity index is 529. The van der Waals surface area contributed by atoms with Crippen LogP contribution < -0.4 is 4.74 Å². The number of methoxy groups -OCH3 is 1. The summed E-state index contributed by atoms with van der Waals surface area (Å²) in [6, 6.07) is 7.61. The lowest BCUT2D eigenvalue weighted by Gasteiger charge is -2.29. The Balaban J connectivity index is 2.08. The lowest BCUT2D eigenvalue weighted by molar-refractivity contribution is -0.146. The Hall–Kier alpha value is -2.04. The molecule has 114 valence electrons. The third-order valence-electron chi connectivity index (χ3n) is 3.78. The van der Waals surface area contributed by atoms with Gasteiger partial charge in [-0.1, -0.05) is 25.1 Å². The standard InChI is InChI=1S/C16H21NO4/c1-11(16(19)20-3)10-17(2)15(18)13-8-9-21-14-7-5-4-6-12(13)14/h4-7,11,13H,8-10H2,1-3H3. The molecule has 1 heterocycles. The molecule has 2 unspecified atom stereocenters. The highest BCUT2D eigenvalue weighted by Crippen LogP contribution is 2.34. The molecular weight excluding hydrogens is 270 g/mol. The first-order valence-electron chi connectivity index (χ1n) is 7.09. The smallest absolute Gasteiger partial charge is 0.310 e. The monoisotopic (exact) mass is 291 g/mol. The van der Waals surface area contributed by atoms with E-state index in [0.29, 0.717) is 19.6 Å². The van der Waals surface area contributed by atoms with Crippen molar-refractivity contribution < 1.29 is 19.1 Å². The number of nitrogens with zero attached hydrogens (tertiary/aromatic N) is 1. The quantitative estimate of drug-likeness (QED) is 0.794. The minimum absolute atomic E-state index is 0.0153. The predicted molar refractivity (Wildman–Crippen MR) is 78.1 cm³/mol. The van der Waals surface area contributed by atoms with E-state index in [2.05, 4.69) is 0 Å². The van der Waals surface area contributed by atoms with Crippen molar-refractivity contribution in [1.82, 2.24) is 4.90 Å². The molecule has 0 bridgehead atoms. The Morgan fingerprint density at radius 2 is 2.14 bits per heavy atom. The lowest BCUT2D eigenvalue weighted by atomic mass is 9.91. The predicted octanol–water partition coefficient (Wildman–Crippen LogP) is 1.82. The van der Waals surface area contributed by atoms with Gasteiger partial charge in [0.2, 0.25) is 5.91 Å². The number of para-hydroxylation sites is 1.